The number of aliphatic hydroxyl groups excluding tert-OH is 1. The van der Waals surface area contributed by atoms with Crippen molar-refractivity contribution >= 4 is 49.5 Å². The fourth-order valence-corrected chi connectivity index (χ4v) is 7.38. The molecule has 1 fully saturated rings. The van der Waals surface area contributed by atoms with Gasteiger partial charge >= 0.3 is 0 Å². The van der Waals surface area contributed by atoms with Gasteiger partial charge in [-0.1, -0.05) is 36.4 Å². The predicted octanol–water partition coefficient (Wildman–Crippen LogP) is 3.84. The molecule has 2 aromatic heterocycles. The quantitative estimate of drug-likeness (QED) is 0.356. The summed E-state index contributed by atoms with van der Waals surface area (Å²) in [5.41, 5.74) is 4.25. The maximum atomic E-state index is 13.4. The number of benzene rings is 3. The van der Waals surface area contributed by atoms with Gasteiger partial charge < -0.3 is 34.3 Å². The van der Waals surface area contributed by atoms with Crippen LogP contribution in [0, 0.1) is 0 Å². The van der Waals surface area contributed by atoms with E-state index in [1.54, 1.807) is 7.11 Å². The summed E-state index contributed by atoms with van der Waals surface area (Å²) in [7, 11) is 3.70. The molecular formula is C28H26N4O4. The highest BCUT2D eigenvalue weighted by Gasteiger charge is 2.53. The Bertz CT molecular complexity index is 1790. The number of para-hydroxylation sites is 2. The number of hydrogen-bond donors (Lipinski definition) is 3. The van der Waals surface area contributed by atoms with Crippen molar-refractivity contribution in [3.8, 4) is 0 Å². The normalized spacial score (nSPS) is 28.9. The molecule has 2 bridgehead atoms. The zero-order valence-corrected chi connectivity index (χ0v) is 20.2. The minimum atomic E-state index is -1.09. The minimum absolute atomic E-state index is 0.0289. The van der Waals surface area contributed by atoms with Gasteiger partial charge in [0.15, 0.2) is 12.0 Å². The number of carbonyl (C=O) groups excluding carboxylic acids is 1. The summed E-state index contributed by atoms with van der Waals surface area (Å²) in [5, 5.41) is 21.1. The standard InChI is InChI=1S/C28H26N4O4/c1-28-25(35-3)15(29-2)12-18(36-28)31-16-10-6-4-8-13(16)19-21-22(27(34)30-26(21)33)20-14-9-5-7-11-17(14)32(28)24(20)23(19)31/h4-11,15,18,25,27,29,34H,12H2,1-3H3,(H,30,33)/t15-,18-,25-,27-,28+/m1/s1. The third kappa shape index (κ3) is 2.15. The Kier molecular flexibility index (Phi) is 3.83. The topological polar surface area (TPSA) is 89.7 Å². The minimum Gasteiger partial charge on any atom is -0.375 e. The monoisotopic (exact) mass is 482 g/mol. The van der Waals surface area contributed by atoms with Gasteiger partial charge in [0.05, 0.1) is 27.6 Å². The number of aromatic nitrogens is 2. The van der Waals surface area contributed by atoms with Crippen LogP contribution in [0.1, 0.15) is 41.7 Å². The molecule has 0 saturated carbocycles. The lowest BCUT2D eigenvalue weighted by atomic mass is 9.93. The van der Waals surface area contributed by atoms with Crippen molar-refractivity contribution in [3.05, 3.63) is 59.7 Å². The number of carbonyl (C=O) groups is 1. The molecule has 1 saturated heterocycles. The van der Waals surface area contributed by atoms with E-state index in [1.165, 1.54) is 0 Å². The second kappa shape index (κ2) is 6.66. The Balaban J connectivity index is 1.73. The van der Waals surface area contributed by atoms with E-state index in [2.05, 4.69) is 51.0 Å². The van der Waals surface area contributed by atoms with Crippen LogP contribution < -0.4 is 10.6 Å². The van der Waals surface area contributed by atoms with Crippen LogP contribution >= 0.6 is 0 Å². The lowest BCUT2D eigenvalue weighted by molar-refractivity contribution is -0.256. The van der Waals surface area contributed by atoms with Crippen LogP contribution in [0.4, 0.5) is 0 Å². The van der Waals surface area contributed by atoms with Crippen LogP contribution in [0.2, 0.25) is 0 Å². The first-order chi connectivity index (χ1) is 17.5. The van der Waals surface area contributed by atoms with Crippen molar-refractivity contribution in [2.45, 2.75) is 43.7 Å². The summed E-state index contributed by atoms with van der Waals surface area (Å²) in [6.07, 6.45) is -0.941. The van der Waals surface area contributed by atoms with E-state index in [9.17, 15) is 9.90 Å². The molecule has 0 unspecified atom stereocenters. The summed E-state index contributed by atoms with van der Waals surface area (Å²) in [5.74, 6) is -0.249. The number of rotatable bonds is 2. The van der Waals surface area contributed by atoms with Crippen molar-refractivity contribution in [1.29, 1.82) is 0 Å². The van der Waals surface area contributed by atoms with Gasteiger partial charge in [0.1, 0.15) is 12.3 Å². The van der Waals surface area contributed by atoms with Crippen LogP contribution in [-0.2, 0) is 15.2 Å². The summed E-state index contributed by atoms with van der Waals surface area (Å²) < 4.78 is 17.7. The number of hydrogen-bond acceptors (Lipinski definition) is 5. The predicted molar refractivity (Wildman–Crippen MR) is 137 cm³/mol. The Morgan fingerprint density at radius 3 is 2.50 bits per heavy atom. The zero-order valence-electron chi connectivity index (χ0n) is 20.2. The smallest absolute Gasteiger partial charge is 0.254 e. The fourth-order valence-electron chi connectivity index (χ4n) is 7.38. The molecular weight excluding hydrogens is 456 g/mol. The maximum absolute atomic E-state index is 13.4. The number of nitrogens with zero attached hydrogens (tertiary/aromatic N) is 2. The molecule has 0 radical (unpaired) electrons. The highest BCUT2D eigenvalue weighted by molar-refractivity contribution is 6.31. The van der Waals surface area contributed by atoms with E-state index in [0.717, 1.165) is 43.6 Å². The molecule has 3 N–H and O–H groups in total. The lowest BCUT2D eigenvalue weighted by Gasteiger charge is -2.48. The number of methoxy groups -OCH3 is 1. The fraction of sp³-hybridized carbons (Fsp3) is 0.321. The third-order valence-corrected chi connectivity index (χ3v) is 8.65. The molecule has 3 aromatic carbocycles. The SMILES string of the molecule is CN[C@@H]1C[C@H]2O[C@@](C)([C@@H]1OC)n1c3ccccc3c3c4c(c5c6ccccc6n2c5c31)C(=O)N[C@@H]4O. The second-order valence-electron chi connectivity index (χ2n) is 10.3. The number of fused-ring (bicyclic) bond motifs is 13. The highest BCUT2D eigenvalue weighted by Crippen LogP contribution is 2.54. The molecule has 0 aliphatic carbocycles. The van der Waals surface area contributed by atoms with Gasteiger partial charge in [-0.05, 0) is 26.1 Å². The largest absolute Gasteiger partial charge is 0.375 e. The van der Waals surface area contributed by atoms with Crippen molar-refractivity contribution < 1.29 is 19.4 Å². The molecule has 8 rings (SSSR count). The van der Waals surface area contributed by atoms with Gasteiger partial charge in [-0.15, -0.1) is 0 Å². The number of ether oxygens (including phenoxy) is 2. The van der Waals surface area contributed by atoms with Crippen molar-refractivity contribution in [3.63, 3.8) is 0 Å². The first-order valence-corrected chi connectivity index (χ1v) is 12.4. The molecule has 1 amide bonds. The number of likely N-dealkylation sites (N-methyl/N-ethyl adjacent to an activating group) is 1. The molecule has 0 spiro atoms. The van der Waals surface area contributed by atoms with E-state index in [-0.39, 0.29) is 24.3 Å². The number of amides is 1. The van der Waals surface area contributed by atoms with Crippen LogP contribution in [0.15, 0.2) is 48.5 Å². The summed E-state index contributed by atoms with van der Waals surface area (Å²) in [6, 6.07) is 16.4. The molecule has 8 heteroatoms. The van der Waals surface area contributed by atoms with Gasteiger partial charge in [-0.3, -0.25) is 4.79 Å². The van der Waals surface area contributed by atoms with E-state index < -0.39 is 12.0 Å². The summed E-state index contributed by atoms with van der Waals surface area (Å²) in [4.78, 5) is 13.4. The molecule has 3 aliphatic heterocycles. The van der Waals surface area contributed by atoms with Crippen LogP contribution in [0.25, 0.3) is 43.6 Å². The number of aliphatic hydroxyl groups is 1. The maximum Gasteiger partial charge on any atom is 0.254 e. The molecule has 5 atom stereocenters. The van der Waals surface area contributed by atoms with Crippen LogP contribution in [0.5, 0.6) is 0 Å². The molecule has 3 aliphatic rings. The Morgan fingerprint density at radius 1 is 1.08 bits per heavy atom. The van der Waals surface area contributed by atoms with E-state index in [4.69, 9.17) is 9.47 Å². The third-order valence-electron chi connectivity index (χ3n) is 8.65. The lowest BCUT2D eigenvalue weighted by Crippen LogP contribution is -2.59. The van der Waals surface area contributed by atoms with Gasteiger partial charge in [0, 0.05) is 46.7 Å². The van der Waals surface area contributed by atoms with Crippen LogP contribution in [0.3, 0.4) is 0 Å². The highest BCUT2D eigenvalue weighted by atomic mass is 16.6. The van der Waals surface area contributed by atoms with E-state index >= 15 is 0 Å². The van der Waals surface area contributed by atoms with Gasteiger partial charge in [-0.25, -0.2) is 0 Å². The van der Waals surface area contributed by atoms with Gasteiger partial charge in [-0.2, -0.15) is 0 Å². The average molecular weight is 483 g/mol. The van der Waals surface area contributed by atoms with E-state index in [1.807, 2.05) is 31.3 Å². The molecule has 5 heterocycles. The first kappa shape index (κ1) is 20.7. The van der Waals surface area contributed by atoms with Crippen LogP contribution in [-0.4, -0.2) is 46.5 Å². The summed E-state index contributed by atoms with van der Waals surface area (Å²) >= 11 is 0. The number of nitrogens with one attached hydrogen (secondary N) is 2. The molecule has 5 aromatic rings. The Morgan fingerprint density at radius 2 is 1.78 bits per heavy atom. The van der Waals surface area contributed by atoms with Crippen molar-refractivity contribution in [2.75, 3.05) is 14.2 Å². The Labute approximate surface area is 206 Å². The Hall–Kier alpha value is -3.43. The first-order valence-electron chi connectivity index (χ1n) is 12.4. The van der Waals surface area contributed by atoms with Crippen molar-refractivity contribution in [2.24, 2.45) is 0 Å². The molecule has 8 nitrogen and oxygen atoms in total. The molecule has 36 heavy (non-hydrogen) atoms. The zero-order chi connectivity index (χ0) is 24.5. The van der Waals surface area contributed by atoms with E-state index in [0.29, 0.717) is 17.5 Å². The van der Waals surface area contributed by atoms with Gasteiger partial charge in [0.25, 0.3) is 5.91 Å². The van der Waals surface area contributed by atoms with Gasteiger partial charge in [0.2, 0.25) is 0 Å². The summed E-state index contributed by atoms with van der Waals surface area (Å²) in [6.45, 7) is 2.09. The van der Waals surface area contributed by atoms with Crippen molar-refractivity contribution in [1.82, 2.24) is 19.8 Å². The molecule has 182 valence electrons. The average Bonchev–Trinajstić information content (AvgIpc) is 3.48. The second-order valence-corrected chi connectivity index (χ2v) is 10.3.